The molecule has 0 saturated heterocycles. The van der Waals surface area contributed by atoms with E-state index in [1.807, 2.05) is 20.2 Å². The van der Waals surface area contributed by atoms with Gasteiger partial charge in [0, 0.05) is 33.5 Å². The molecule has 2 N–H and O–H groups in total. The molecule has 2 aromatic heterocycles. The number of anilines is 2. The van der Waals surface area contributed by atoms with Crippen molar-refractivity contribution in [1.82, 2.24) is 9.97 Å². The molecule has 17 heavy (non-hydrogen) atoms. The second-order valence-electron chi connectivity index (χ2n) is 3.56. The smallest absolute Gasteiger partial charge is 0.224 e. The molecule has 0 unspecified atom stereocenters. The van der Waals surface area contributed by atoms with Crippen molar-refractivity contribution >= 4 is 39.0 Å². The Morgan fingerprint density at radius 3 is 2.94 bits per heavy atom. The van der Waals surface area contributed by atoms with Crippen LogP contribution in [-0.4, -0.2) is 17.0 Å². The zero-order valence-corrected chi connectivity index (χ0v) is 12.0. The van der Waals surface area contributed by atoms with Gasteiger partial charge < -0.3 is 10.6 Å². The maximum Gasteiger partial charge on any atom is 0.224 e. The second kappa shape index (κ2) is 5.46. The van der Waals surface area contributed by atoms with Crippen molar-refractivity contribution in [3.8, 4) is 0 Å². The summed E-state index contributed by atoms with van der Waals surface area (Å²) in [6.45, 7) is 2.77. The normalized spacial score (nSPS) is 10.3. The molecule has 0 aliphatic carbocycles. The first-order chi connectivity index (χ1) is 8.19. The van der Waals surface area contributed by atoms with Gasteiger partial charge in [-0.1, -0.05) is 0 Å². The van der Waals surface area contributed by atoms with Crippen LogP contribution in [0.5, 0.6) is 0 Å². The van der Waals surface area contributed by atoms with Crippen molar-refractivity contribution in [2.75, 3.05) is 17.7 Å². The topological polar surface area (TPSA) is 49.8 Å². The Morgan fingerprint density at radius 2 is 2.29 bits per heavy atom. The van der Waals surface area contributed by atoms with E-state index in [1.54, 1.807) is 11.3 Å². The lowest BCUT2D eigenvalue weighted by atomic mass is 10.3. The molecule has 0 aromatic carbocycles. The minimum Gasteiger partial charge on any atom is -0.365 e. The minimum atomic E-state index is 0.630. The number of hydrogen-bond donors (Lipinski definition) is 2. The number of aryl methyl sites for hydroxylation is 1. The number of halogens is 1. The molecule has 0 atom stereocenters. The Morgan fingerprint density at radius 1 is 1.47 bits per heavy atom. The lowest BCUT2D eigenvalue weighted by molar-refractivity contribution is 1.07. The Balaban J connectivity index is 2.07. The molecular formula is C11H13BrN4S. The van der Waals surface area contributed by atoms with Crippen LogP contribution in [0.3, 0.4) is 0 Å². The van der Waals surface area contributed by atoms with Gasteiger partial charge in [0.1, 0.15) is 5.82 Å². The number of thiophene rings is 1. The molecule has 0 amide bonds. The van der Waals surface area contributed by atoms with Crippen molar-refractivity contribution in [2.24, 2.45) is 0 Å². The van der Waals surface area contributed by atoms with Crippen LogP contribution in [0.15, 0.2) is 22.1 Å². The molecule has 0 radical (unpaired) electrons. The average Bonchev–Trinajstić information content (AvgIpc) is 2.74. The molecule has 2 aromatic rings. The van der Waals surface area contributed by atoms with Crippen molar-refractivity contribution in [2.45, 2.75) is 13.5 Å². The van der Waals surface area contributed by atoms with E-state index in [9.17, 15) is 0 Å². The van der Waals surface area contributed by atoms with Crippen LogP contribution in [0, 0.1) is 6.92 Å². The highest BCUT2D eigenvalue weighted by Gasteiger charge is 2.03. The number of rotatable bonds is 4. The van der Waals surface area contributed by atoms with E-state index >= 15 is 0 Å². The van der Waals surface area contributed by atoms with E-state index in [0.717, 1.165) is 22.4 Å². The predicted octanol–water partition coefficient (Wildman–Crippen LogP) is 3.26. The lowest BCUT2D eigenvalue weighted by Gasteiger charge is -2.08. The monoisotopic (exact) mass is 312 g/mol. The second-order valence-corrected chi connectivity index (χ2v) is 5.47. The number of hydrogen-bond acceptors (Lipinski definition) is 5. The van der Waals surface area contributed by atoms with Crippen LogP contribution in [-0.2, 0) is 6.54 Å². The third-order valence-electron chi connectivity index (χ3n) is 2.25. The largest absolute Gasteiger partial charge is 0.365 e. The van der Waals surface area contributed by atoms with Crippen LogP contribution in [0.1, 0.15) is 10.4 Å². The lowest BCUT2D eigenvalue weighted by Crippen LogP contribution is -2.05. The summed E-state index contributed by atoms with van der Waals surface area (Å²) >= 11 is 5.16. The molecule has 6 heteroatoms. The first-order valence-corrected chi connectivity index (χ1v) is 6.84. The summed E-state index contributed by atoms with van der Waals surface area (Å²) in [6.07, 6.45) is 1.81. The van der Waals surface area contributed by atoms with Gasteiger partial charge in [0.25, 0.3) is 0 Å². The molecule has 0 spiro atoms. The zero-order chi connectivity index (χ0) is 12.3. The Kier molecular flexibility index (Phi) is 3.96. The summed E-state index contributed by atoms with van der Waals surface area (Å²) in [6, 6.07) is 2.10. The van der Waals surface area contributed by atoms with Crippen molar-refractivity contribution in [3.63, 3.8) is 0 Å². The van der Waals surface area contributed by atoms with Gasteiger partial charge in [-0.15, -0.1) is 11.3 Å². The van der Waals surface area contributed by atoms with E-state index in [0.29, 0.717) is 5.95 Å². The van der Waals surface area contributed by atoms with E-state index < -0.39 is 0 Å². The quantitative estimate of drug-likeness (QED) is 0.909. The third kappa shape index (κ3) is 3.17. The zero-order valence-electron chi connectivity index (χ0n) is 9.62. The maximum absolute atomic E-state index is 4.37. The summed E-state index contributed by atoms with van der Waals surface area (Å²) in [4.78, 5) is 9.79. The van der Waals surface area contributed by atoms with Gasteiger partial charge in [-0.3, -0.25) is 0 Å². The maximum atomic E-state index is 4.37. The number of nitrogens with zero attached hydrogens (tertiary/aromatic N) is 2. The van der Waals surface area contributed by atoms with E-state index in [4.69, 9.17) is 0 Å². The van der Waals surface area contributed by atoms with Gasteiger partial charge in [0.05, 0.1) is 6.54 Å². The summed E-state index contributed by atoms with van der Waals surface area (Å²) in [5.74, 6) is 1.50. The molecule has 4 nitrogen and oxygen atoms in total. The van der Waals surface area contributed by atoms with Crippen LogP contribution in [0.2, 0.25) is 0 Å². The average molecular weight is 313 g/mol. The number of aromatic nitrogens is 2. The predicted molar refractivity (Wildman–Crippen MR) is 75.7 cm³/mol. The standard InChI is InChI=1S/C11H13BrN4S/c1-7-4-15-11(13-2)16-10(7)14-5-9-3-8(12)6-17-9/h3-4,6H,5H2,1-2H3,(H2,13,14,15,16). The van der Waals surface area contributed by atoms with Crippen LogP contribution in [0.25, 0.3) is 0 Å². The SMILES string of the molecule is CNc1ncc(C)c(NCc2cc(Br)cs2)n1. The van der Waals surface area contributed by atoms with Gasteiger partial charge in [-0.05, 0) is 28.9 Å². The fraction of sp³-hybridized carbons (Fsp3) is 0.273. The fourth-order valence-corrected chi connectivity index (χ4v) is 2.75. The molecule has 0 fully saturated rings. The summed E-state index contributed by atoms with van der Waals surface area (Å²) in [5.41, 5.74) is 1.04. The molecule has 0 saturated carbocycles. The van der Waals surface area contributed by atoms with Crippen molar-refractivity contribution in [3.05, 3.63) is 32.6 Å². The molecule has 0 aliphatic rings. The summed E-state index contributed by atoms with van der Waals surface area (Å²) in [5, 5.41) is 8.32. The molecule has 0 bridgehead atoms. The van der Waals surface area contributed by atoms with Gasteiger partial charge >= 0.3 is 0 Å². The van der Waals surface area contributed by atoms with Gasteiger partial charge in [0.2, 0.25) is 5.95 Å². The van der Waals surface area contributed by atoms with Crippen molar-refractivity contribution in [1.29, 1.82) is 0 Å². The van der Waals surface area contributed by atoms with Gasteiger partial charge in [-0.2, -0.15) is 4.98 Å². The molecule has 90 valence electrons. The molecular weight excluding hydrogens is 300 g/mol. The van der Waals surface area contributed by atoms with Gasteiger partial charge in [-0.25, -0.2) is 4.98 Å². The molecule has 2 rings (SSSR count). The third-order valence-corrected chi connectivity index (χ3v) is 3.94. The number of nitrogens with one attached hydrogen (secondary N) is 2. The highest BCUT2D eigenvalue weighted by atomic mass is 79.9. The summed E-state index contributed by atoms with van der Waals surface area (Å²) < 4.78 is 1.12. The Hall–Kier alpha value is -1.14. The Labute approximate surface area is 113 Å². The molecule has 2 heterocycles. The summed E-state index contributed by atoms with van der Waals surface area (Å²) in [7, 11) is 1.81. The highest BCUT2D eigenvalue weighted by molar-refractivity contribution is 9.10. The van der Waals surface area contributed by atoms with Crippen LogP contribution in [0.4, 0.5) is 11.8 Å². The minimum absolute atomic E-state index is 0.630. The van der Waals surface area contributed by atoms with Crippen molar-refractivity contribution < 1.29 is 0 Å². The fourth-order valence-electron chi connectivity index (χ4n) is 1.36. The van der Waals surface area contributed by atoms with E-state index in [-0.39, 0.29) is 0 Å². The van der Waals surface area contributed by atoms with E-state index in [1.165, 1.54) is 4.88 Å². The van der Waals surface area contributed by atoms with Crippen LogP contribution >= 0.6 is 27.3 Å². The van der Waals surface area contributed by atoms with Crippen LogP contribution < -0.4 is 10.6 Å². The first-order valence-electron chi connectivity index (χ1n) is 5.17. The Bertz CT molecular complexity index is 512. The molecule has 0 aliphatic heterocycles. The van der Waals surface area contributed by atoms with Gasteiger partial charge in [0.15, 0.2) is 0 Å². The first kappa shape index (κ1) is 12.3. The highest BCUT2D eigenvalue weighted by Crippen LogP contribution is 2.21. The van der Waals surface area contributed by atoms with E-state index in [2.05, 4.69) is 48.0 Å².